The van der Waals surface area contributed by atoms with Crippen LogP contribution in [0, 0.1) is 18.8 Å². The first kappa shape index (κ1) is 15.6. The molecule has 22 heavy (non-hydrogen) atoms. The monoisotopic (exact) mass is 304 g/mol. The summed E-state index contributed by atoms with van der Waals surface area (Å²) in [7, 11) is 0. The second-order valence-corrected chi connectivity index (χ2v) is 4.63. The van der Waals surface area contributed by atoms with E-state index in [2.05, 4.69) is 5.92 Å². The Hall–Kier alpha value is -2.74. The van der Waals surface area contributed by atoms with Gasteiger partial charge in [0.25, 0.3) is 0 Å². The summed E-state index contributed by atoms with van der Waals surface area (Å²) in [5.74, 6) is 3.15. The van der Waals surface area contributed by atoms with Gasteiger partial charge in [0.1, 0.15) is 0 Å². The molecule has 0 unspecified atom stereocenters. The summed E-state index contributed by atoms with van der Waals surface area (Å²) >= 11 is 0. The van der Waals surface area contributed by atoms with Crippen LogP contribution in [0.1, 0.15) is 16.7 Å². The molecule has 0 fully saturated rings. The van der Waals surface area contributed by atoms with Gasteiger partial charge in [0.05, 0.1) is 5.56 Å². The lowest BCUT2D eigenvalue weighted by Crippen LogP contribution is -2.07. The number of aryl methyl sites for hydroxylation is 1. The summed E-state index contributed by atoms with van der Waals surface area (Å²) in [6.45, 7) is 1.66. The highest BCUT2D eigenvalue weighted by Crippen LogP contribution is 2.38. The van der Waals surface area contributed by atoms with Crippen LogP contribution in [-0.2, 0) is 11.0 Å². The van der Waals surface area contributed by atoms with E-state index in [0.29, 0.717) is 16.7 Å². The van der Waals surface area contributed by atoms with Crippen molar-refractivity contribution in [1.29, 1.82) is 0 Å². The second kappa shape index (κ2) is 5.94. The third kappa shape index (κ3) is 3.47. The van der Waals surface area contributed by atoms with Gasteiger partial charge in [-0.2, -0.15) is 13.2 Å². The Balaban J connectivity index is 2.52. The molecule has 2 aromatic rings. The lowest BCUT2D eigenvalue weighted by molar-refractivity contribution is -0.137. The average Bonchev–Trinajstić information content (AvgIpc) is 2.44. The van der Waals surface area contributed by atoms with Gasteiger partial charge in [-0.3, -0.25) is 0 Å². The zero-order valence-electron chi connectivity index (χ0n) is 11.5. The number of hydrogen-bond donors (Lipinski definition) is 1. The van der Waals surface area contributed by atoms with Crippen molar-refractivity contribution >= 4 is 5.97 Å². The largest absolute Gasteiger partial charge is 0.472 e. The third-order valence-corrected chi connectivity index (χ3v) is 3.06. The van der Waals surface area contributed by atoms with Crippen molar-refractivity contribution in [2.24, 2.45) is 0 Å². The summed E-state index contributed by atoms with van der Waals surface area (Å²) in [4.78, 5) is 10.4. The van der Waals surface area contributed by atoms with Gasteiger partial charge in [-0.1, -0.05) is 30.2 Å². The molecule has 0 aliphatic carbocycles. The number of halogens is 3. The van der Waals surface area contributed by atoms with Crippen LogP contribution in [0.15, 0.2) is 42.5 Å². The minimum absolute atomic E-state index is 0.0882. The SMILES string of the molecule is Cc1cc(C#CC(=O)O)ccc1-c1ccccc1C(F)(F)F. The van der Waals surface area contributed by atoms with E-state index in [1.807, 2.05) is 5.92 Å². The fourth-order valence-electron chi connectivity index (χ4n) is 2.13. The summed E-state index contributed by atoms with van der Waals surface area (Å²) in [5.41, 5.74) is 0.851. The van der Waals surface area contributed by atoms with Gasteiger partial charge in [0.2, 0.25) is 0 Å². The van der Waals surface area contributed by atoms with Gasteiger partial charge < -0.3 is 5.11 Å². The topological polar surface area (TPSA) is 37.3 Å². The number of benzene rings is 2. The Labute approximate surface area is 125 Å². The van der Waals surface area contributed by atoms with Gasteiger partial charge >= 0.3 is 12.1 Å². The van der Waals surface area contributed by atoms with Crippen molar-refractivity contribution in [2.45, 2.75) is 13.1 Å². The lowest BCUT2D eigenvalue weighted by atomic mass is 9.94. The molecule has 0 atom stereocenters. The first-order valence-corrected chi connectivity index (χ1v) is 6.31. The molecule has 2 rings (SSSR count). The summed E-state index contributed by atoms with van der Waals surface area (Å²) < 4.78 is 39.2. The van der Waals surface area contributed by atoms with E-state index in [0.717, 1.165) is 6.07 Å². The molecule has 1 N–H and O–H groups in total. The van der Waals surface area contributed by atoms with Crippen molar-refractivity contribution in [3.05, 3.63) is 59.2 Å². The van der Waals surface area contributed by atoms with E-state index < -0.39 is 17.7 Å². The molecule has 0 heterocycles. The van der Waals surface area contributed by atoms with Crippen LogP contribution in [-0.4, -0.2) is 11.1 Å². The van der Waals surface area contributed by atoms with Crippen molar-refractivity contribution in [1.82, 2.24) is 0 Å². The molecule has 2 nitrogen and oxygen atoms in total. The molecule has 0 spiro atoms. The van der Waals surface area contributed by atoms with E-state index in [1.54, 1.807) is 19.1 Å². The van der Waals surface area contributed by atoms with Crippen LogP contribution in [0.5, 0.6) is 0 Å². The highest BCUT2D eigenvalue weighted by Gasteiger charge is 2.33. The van der Waals surface area contributed by atoms with Gasteiger partial charge in [-0.05, 0) is 41.8 Å². The van der Waals surface area contributed by atoms with Crippen LogP contribution in [0.3, 0.4) is 0 Å². The molecule has 112 valence electrons. The van der Waals surface area contributed by atoms with E-state index in [1.165, 1.54) is 24.3 Å². The van der Waals surface area contributed by atoms with Crippen LogP contribution >= 0.6 is 0 Å². The fraction of sp³-hybridized carbons (Fsp3) is 0.118. The Morgan fingerprint density at radius 2 is 1.77 bits per heavy atom. The van der Waals surface area contributed by atoms with E-state index in [9.17, 15) is 18.0 Å². The third-order valence-electron chi connectivity index (χ3n) is 3.06. The zero-order chi connectivity index (χ0) is 16.3. The molecule has 0 aromatic heterocycles. The molecule has 0 radical (unpaired) electrons. The molecule has 0 aliphatic rings. The molecule has 0 bridgehead atoms. The Kier molecular flexibility index (Phi) is 4.22. The first-order valence-electron chi connectivity index (χ1n) is 6.31. The number of aliphatic carboxylic acids is 1. The van der Waals surface area contributed by atoms with E-state index >= 15 is 0 Å². The normalized spacial score (nSPS) is 10.7. The average molecular weight is 304 g/mol. The van der Waals surface area contributed by atoms with Crippen molar-refractivity contribution < 1.29 is 23.1 Å². The van der Waals surface area contributed by atoms with Crippen molar-refractivity contribution in [3.63, 3.8) is 0 Å². The second-order valence-electron chi connectivity index (χ2n) is 4.63. The zero-order valence-corrected chi connectivity index (χ0v) is 11.5. The predicted molar refractivity (Wildman–Crippen MR) is 76.1 cm³/mol. The number of alkyl halides is 3. The fourth-order valence-corrected chi connectivity index (χ4v) is 2.13. The standard InChI is InChI=1S/C17H11F3O2/c1-11-10-12(7-9-16(21)22)6-8-13(11)14-4-2-3-5-15(14)17(18,19)20/h2-6,8,10H,1H3,(H,21,22). The van der Waals surface area contributed by atoms with Crippen LogP contribution < -0.4 is 0 Å². The number of carbonyl (C=O) groups is 1. The summed E-state index contributed by atoms with van der Waals surface area (Å²) in [6, 6.07) is 9.92. The minimum Gasteiger partial charge on any atom is -0.472 e. The molecule has 0 saturated carbocycles. The number of rotatable bonds is 1. The lowest BCUT2D eigenvalue weighted by Gasteiger charge is -2.14. The van der Waals surface area contributed by atoms with Gasteiger partial charge in [-0.25, -0.2) is 4.79 Å². The van der Waals surface area contributed by atoms with Gasteiger partial charge in [0.15, 0.2) is 0 Å². The van der Waals surface area contributed by atoms with Crippen molar-refractivity contribution in [2.75, 3.05) is 0 Å². The minimum atomic E-state index is -4.44. The molecular weight excluding hydrogens is 293 g/mol. The summed E-state index contributed by atoms with van der Waals surface area (Å²) in [5, 5.41) is 8.50. The van der Waals surface area contributed by atoms with E-state index in [-0.39, 0.29) is 5.56 Å². The maximum Gasteiger partial charge on any atom is 0.417 e. The van der Waals surface area contributed by atoms with E-state index in [4.69, 9.17) is 5.11 Å². The summed E-state index contributed by atoms with van der Waals surface area (Å²) in [6.07, 6.45) is -4.44. The Morgan fingerprint density at radius 3 is 2.36 bits per heavy atom. The maximum absolute atomic E-state index is 13.1. The van der Waals surface area contributed by atoms with Crippen LogP contribution in [0.25, 0.3) is 11.1 Å². The number of hydrogen-bond acceptors (Lipinski definition) is 1. The van der Waals surface area contributed by atoms with Gasteiger partial charge in [0, 0.05) is 11.5 Å². The van der Waals surface area contributed by atoms with Crippen LogP contribution in [0.2, 0.25) is 0 Å². The smallest absolute Gasteiger partial charge is 0.417 e. The first-order chi connectivity index (χ1) is 10.3. The highest BCUT2D eigenvalue weighted by atomic mass is 19.4. The molecule has 5 heteroatoms. The molecular formula is C17H11F3O2. The number of carboxylic acid groups (broad SMARTS) is 1. The Morgan fingerprint density at radius 1 is 1.09 bits per heavy atom. The Bertz CT molecular complexity index is 780. The molecule has 0 amide bonds. The molecule has 2 aromatic carbocycles. The highest BCUT2D eigenvalue weighted by molar-refractivity contribution is 5.87. The molecule has 0 aliphatic heterocycles. The van der Waals surface area contributed by atoms with Crippen LogP contribution in [0.4, 0.5) is 13.2 Å². The quantitative estimate of drug-likeness (QED) is 0.805. The number of carboxylic acids is 1. The van der Waals surface area contributed by atoms with Crippen molar-refractivity contribution in [3.8, 4) is 23.0 Å². The van der Waals surface area contributed by atoms with Gasteiger partial charge in [-0.15, -0.1) is 0 Å². The maximum atomic E-state index is 13.1. The molecule has 0 saturated heterocycles. The predicted octanol–water partition coefficient (Wildman–Crippen LogP) is 4.12.